The van der Waals surface area contributed by atoms with E-state index in [1.165, 1.54) is 7.11 Å². The fraction of sp³-hybridized carbons (Fsp3) is 0.800. The number of carboxylic acid groups (broad SMARTS) is 1. The monoisotopic (exact) mass is 232 g/mol. The fourth-order valence-electron chi connectivity index (χ4n) is 0.897. The highest BCUT2D eigenvalue weighted by atomic mass is 16.5. The molecule has 0 spiro atoms. The van der Waals surface area contributed by atoms with Crippen LogP contribution in [0.15, 0.2) is 0 Å². The lowest BCUT2D eigenvalue weighted by Crippen LogP contribution is -2.50. The van der Waals surface area contributed by atoms with Crippen LogP contribution in [0.3, 0.4) is 0 Å². The summed E-state index contributed by atoms with van der Waals surface area (Å²) in [6, 6.07) is -0.393. The van der Waals surface area contributed by atoms with E-state index in [0.717, 1.165) is 6.42 Å². The van der Waals surface area contributed by atoms with Crippen molar-refractivity contribution in [2.24, 2.45) is 0 Å². The van der Waals surface area contributed by atoms with Crippen molar-refractivity contribution in [2.75, 3.05) is 13.7 Å². The zero-order valence-corrected chi connectivity index (χ0v) is 10.2. The van der Waals surface area contributed by atoms with Crippen molar-refractivity contribution < 1.29 is 19.4 Å². The number of ether oxygens (including phenoxy) is 1. The van der Waals surface area contributed by atoms with E-state index in [4.69, 9.17) is 5.11 Å². The molecule has 0 bridgehead atoms. The summed E-state index contributed by atoms with van der Waals surface area (Å²) in [6.45, 7) is 5.67. The van der Waals surface area contributed by atoms with Crippen molar-refractivity contribution >= 4 is 12.0 Å². The predicted octanol–water partition coefficient (Wildman–Crippen LogP) is 0.574. The van der Waals surface area contributed by atoms with E-state index >= 15 is 0 Å². The van der Waals surface area contributed by atoms with Crippen molar-refractivity contribution in [3.63, 3.8) is 0 Å². The van der Waals surface area contributed by atoms with E-state index in [-0.39, 0.29) is 12.1 Å². The number of rotatable bonds is 6. The number of carbonyl (C=O) groups is 2. The molecule has 3 N–H and O–H groups in total. The summed E-state index contributed by atoms with van der Waals surface area (Å²) >= 11 is 0. The van der Waals surface area contributed by atoms with Gasteiger partial charge in [0.25, 0.3) is 0 Å². The molecule has 94 valence electrons. The number of aliphatic carboxylic acids is 1. The summed E-state index contributed by atoms with van der Waals surface area (Å²) in [7, 11) is 1.29. The standard InChI is InChI=1S/C10H20N2O4/c1-5-10(2,3)12-9(15)11-6-7(16-4)8(13)14/h7H,5-6H2,1-4H3,(H,13,14)(H2,11,12,15). The Bertz CT molecular complexity index is 253. The second kappa shape index (κ2) is 6.32. The number of methoxy groups -OCH3 is 1. The predicted molar refractivity (Wildman–Crippen MR) is 59.3 cm³/mol. The zero-order chi connectivity index (χ0) is 12.8. The molecule has 0 aromatic heterocycles. The molecule has 0 heterocycles. The van der Waals surface area contributed by atoms with Gasteiger partial charge < -0.3 is 20.5 Å². The summed E-state index contributed by atoms with van der Waals surface area (Å²) < 4.78 is 4.68. The lowest BCUT2D eigenvalue weighted by molar-refractivity contribution is -0.147. The van der Waals surface area contributed by atoms with Crippen LogP contribution >= 0.6 is 0 Å². The van der Waals surface area contributed by atoms with Crippen LogP contribution in [-0.2, 0) is 9.53 Å². The molecule has 0 aliphatic heterocycles. The number of hydrogen-bond donors (Lipinski definition) is 3. The van der Waals surface area contributed by atoms with Crippen LogP contribution in [0.5, 0.6) is 0 Å². The van der Waals surface area contributed by atoms with Gasteiger partial charge in [0.05, 0.1) is 6.54 Å². The molecular weight excluding hydrogens is 212 g/mol. The number of hydrogen-bond acceptors (Lipinski definition) is 3. The van der Waals surface area contributed by atoms with Crippen molar-refractivity contribution in [3.05, 3.63) is 0 Å². The van der Waals surface area contributed by atoms with Gasteiger partial charge in [-0.3, -0.25) is 0 Å². The maximum atomic E-state index is 11.4. The average Bonchev–Trinajstić information content (AvgIpc) is 2.17. The van der Waals surface area contributed by atoms with Gasteiger partial charge in [-0.25, -0.2) is 9.59 Å². The van der Waals surface area contributed by atoms with Gasteiger partial charge in [-0.05, 0) is 20.3 Å². The van der Waals surface area contributed by atoms with Gasteiger partial charge in [-0.2, -0.15) is 0 Å². The molecule has 0 aromatic carbocycles. The summed E-state index contributed by atoms with van der Waals surface area (Å²) in [4.78, 5) is 22.0. The normalized spacial score (nSPS) is 13.0. The number of amides is 2. The number of carbonyl (C=O) groups excluding carboxylic acids is 1. The minimum atomic E-state index is -1.10. The Labute approximate surface area is 95.4 Å². The van der Waals surface area contributed by atoms with E-state index < -0.39 is 18.1 Å². The summed E-state index contributed by atoms with van der Waals surface area (Å²) in [5, 5.41) is 13.8. The first-order valence-electron chi connectivity index (χ1n) is 5.14. The maximum absolute atomic E-state index is 11.4. The summed E-state index contributed by atoms with van der Waals surface area (Å²) in [6.07, 6.45) is -0.233. The van der Waals surface area contributed by atoms with E-state index in [0.29, 0.717) is 0 Å². The Morgan fingerprint density at radius 1 is 1.44 bits per heavy atom. The van der Waals surface area contributed by atoms with Crippen molar-refractivity contribution in [2.45, 2.75) is 38.8 Å². The second-order valence-corrected chi connectivity index (χ2v) is 4.14. The Morgan fingerprint density at radius 3 is 2.38 bits per heavy atom. The molecule has 0 rings (SSSR count). The Hall–Kier alpha value is -1.30. The Morgan fingerprint density at radius 2 is 2.00 bits per heavy atom. The molecular formula is C10H20N2O4. The lowest BCUT2D eigenvalue weighted by atomic mass is 10.0. The first kappa shape index (κ1) is 14.7. The smallest absolute Gasteiger partial charge is 0.334 e. The largest absolute Gasteiger partial charge is 0.479 e. The highest BCUT2D eigenvalue weighted by molar-refractivity contribution is 5.77. The van der Waals surface area contributed by atoms with E-state index in [1.54, 1.807) is 0 Å². The molecule has 0 aliphatic rings. The van der Waals surface area contributed by atoms with Crippen LogP contribution in [0.1, 0.15) is 27.2 Å². The van der Waals surface area contributed by atoms with Gasteiger partial charge >= 0.3 is 12.0 Å². The Balaban J connectivity index is 4.03. The molecule has 2 amide bonds. The van der Waals surface area contributed by atoms with E-state index in [9.17, 15) is 9.59 Å². The average molecular weight is 232 g/mol. The summed E-state index contributed by atoms with van der Waals surface area (Å²) in [5.41, 5.74) is -0.310. The summed E-state index contributed by atoms with van der Waals surface area (Å²) in [5.74, 6) is -1.10. The molecule has 16 heavy (non-hydrogen) atoms. The molecule has 6 heteroatoms. The number of urea groups is 1. The molecule has 1 unspecified atom stereocenters. The minimum Gasteiger partial charge on any atom is -0.479 e. The molecule has 0 saturated heterocycles. The molecule has 0 aromatic rings. The highest BCUT2D eigenvalue weighted by Gasteiger charge is 2.20. The molecule has 0 aliphatic carbocycles. The van der Waals surface area contributed by atoms with Crippen molar-refractivity contribution in [3.8, 4) is 0 Å². The Kier molecular flexibility index (Phi) is 5.81. The SMILES string of the molecule is CCC(C)(C)NC(=O)NCC(OC)C(=O)O. The van der Waals surface area contributed by atoms with Crippen LogP contribution in [0.2, 0.25) is 0 Å². The van der Waals surface area contributed by atoms with Crippen molar-refractivity contribution in [1.82, 2.24) is 10.6 Å². The number of carboxylic acids is 1. The zero-order valence-electron chi connectivity index (χ0n) is 10.2. The molecule has 0 fully saturated rings. The first-order chi connectivity index (χ1) is 7.32. The van der Waals surface area contributed by atoms with E-state index in [2.05, 4.69) is 15.4 Å². The first-order valence-corrected chi connectivity index (χ1v) is 5.14. The van der Waals surface area contributed by atoms with Crippen LogP contribution in [0, 0.1) is 0 Å². The molecule has 6 nitrogen and oxygen atoms in total. The third-order valence-electron chi connectivity index (χ3n) is 2.34. The van der Waals surface area contributed by atoms with Gasteiger partial charge in [-0.1, -0.05) is 6.92 Å². The lowest BCUT2D eigenvalue weighted by Gasteiger charge is -2.25. The van der Waals surface area contributed by atoms with Crippen LogP contribution in [-0.4, -0.2) is 42.4 Å². The molecule has 1 atom stereocenters. The minimum absolute atomic E-state index is 0.0581. The fourth-order valence-corrected chi connectivity index (χ4v) is 0.897. The number of nitrogens with one attached hydrogen (secondary N) is 2. The highest BCUT2D eigenvalue weighted by Crippen LogP contribution is 2.05. The third kappa shape index (κ3) is 5.55. The van der Waals surface area contributed by atoms with Crippen LogP contribution in [0.4, 0.5) is 4.79 Å². The van der Waals surface area contributed by atoms with Gasteiger partial charge in [-0.15, -0.1) is 0 Å². The quantitative estimate of drug-likeness (QED) is 0.625. The maximum Gasteiger partial charge on any atom is 0.334 e. The van der Waals surface area contributed by atoms with Gasteiger partial charge in [0.15, 0.2) is 6.10 Å². The van der Waals surface area contributed by atoms with Crippen molar-refractivity contribution in [1.29, 1.82) is 0 Å². The van der Waals surface area contributed by atoms with Gasteiger partial charge in [0.1, 0.15) is 0 Å². The van der Waals surface area contributed by atoms with Gasteiger partial charge in [0.2, 0.25) is 0 Å². The van der Waals surface area contributed by atoms with Crippen LogP contribution in [0.25, 0.3) is 0 Å². The van der Waals surface area contributed by atoms with Gasteiger partial charge in [0, 0.05) is 12.6 Å². The van der Waals surface area contributed by atoms with E-state index in [1.807, 2.05) is 20.8 Å². The second-order valence-electron chi connectivity index (χ2n) is 4.14. The topological polar surface area (TPSA) is 87.7 Å². The van der Waals surface area contributed by atoms with Crippen LogP contribution < -0.4 is 10.6 Å². The molecule has 0 saturated carbocycles. The third-order valence-corrected chi connectivity index (χ3v) is 2.34. The molecule has 0 radical (unpaired) electrons.